The fraction of sp³-hybridized carbons (Fsp3) is 0.542. The predicted octanol–water partition coefficient (Wildman–Crippen LogP) is 3.39. The van der Waals surface area contributed by atoms with Crippen LogP contribution in [0.1, 0.15) is 71.0 Å². The van der Waals surface area contributed by atoms with Crippen LogP contribution in [0.4, 0.5) is 4.79 Å². The summed E-state index contributed by atoms with van der Waals surface area (Å²) in [6.07, 6.45) is 7.84. The normalized spacial score (nSPS) is 11.7. The molecule has 0 radical (unpaired) electrons. The average Bonchev–Trinajstić information content (AvgIpc) is 2.72. The van der Waals surface area contributed by atoms with Crippen molar-refractivity contribution in [1.29, 1.82) is 0 Å². The fourth-order valence-electron chi connectivity index (χ4n) is 3.07. The van der Waals surface area contributed by atoms with Crippen molar-refractivity contribution >= 4 is 17.9 Å². The highest BCUT2D eigenvalue weighted by Gasteiger charge is 2.32. The number of ether oxygens (including phenoxy) is 1. The Morgan fingerprint density at radius 1 is 1.13 bits per heavy atom. The van der Waals surface area contributed by atoms with Gasteiger partial charge >= 0.3 is 6.09 Å². The second kappa shape index (κ2) is 12.6. The van der Waals surface area contributed by atoms with E-state index < -0.39 is 23.6 Å². The van der Waals surface area contributed by atoms with Crippen LogP contribution in [-0.2, 0) is 14.3 Å². The standard InChI is InChI=1S/C24H35N3O4/c1-7-10-13-16-25-22(29)21(19-15-12-11-14-18(19)8-2)27(9-3)20(28)17-26-23(30)31-24(4,5)6/h2,11-12,14-15,21H,7,9-10,13,16-17H2,1,3-6H3,(H,25,29)(H,26,30). The minimum atomic E-state index is -0.896. The van der Waals surface area contributed by atoms with Crippen molar-refractivity contribution in [2.45, 2.75) is 65.5 Å². The summed E-state index contributed by atoms with van der Waals surface area (Å²) in [6.45, 7) is 9.57. The molecule has 0 fully saturated rings. The molecule has 3 amide bonds. The summed E-state index contributed by atoms with van der Waals surface area (Å²) in [5, 5.41) is 5.38. The lowest BCUT2D eigenvalue weighted by Crippen LogP contribution is -2.48. The highest BCUT2D eigenvalue weighted by molar-refractivity contribution is 5.90. The van der Waals surface area contributed by atoms with Gasteiger partial charge in [-0.2, -0.15) is 0 Å². The molecule has 1 unspecified atom stereocenters. The summed E-state index contributed by atoms with van der Waals surface area (Å²) in [6, 6.07) is 6.17. The third-order valence-corrected chi connectivity index (χ3v) is 4.49. The summed E-state index contributed by atoms with van der Waals surface area (Å²) in [5.41, 5.74) is 0.442. The van der Waals surface area contributed by atoms with Gasteiger partial charge in [-0.3, -0.25) is 9.59 Å². The largest absolute Gasteiger partial charge is 0.444 e. The molecule has 0 aliphatic rings. The van der Waals surface area contributed by atoms with Crippen LogP contribution < -0.4 is 10.6 Å². The van der Waals surface area contributed by atoms with Crippen LogP contribution in [-0.4, -0.2) is 48.0 Å². The number of carbonyl (C=O) groups is 3. The van der Waals surface area contributed by atoms with Crippen molar-refractivity contribution in [1.82, 2.24) is 15.5 Å². The smallest absolute Gasteiger partial charge is 0.408 e. The van der Waals surface area contributed by atoms with E-state index in [1.54, 1.807) is 52.0 Å². The second-order valence-corrected chi connectivity index (χ2v) is 8.17. The van der Waals surface area contributed by atoms with Gasteiger partial charge in [0.05, 0.1) is 0 Å². The van der Waals surface area contributed by atoms with Gasteiger partial charge in [-0.05, 0) is 45.7 Å². The van der Waals surface area contributed by atoms with Gasteiger partial charge in [0.2, 0.25) is 11.8 Å². The Hall–Kier alpha value is -3.01. The van der Waals surface area contributed by atoms with Gasteiger partial charge in [-0.25, -0.2) is 4.79 Å². The molecule has 0 saturated carbocycles. The zero-order valence-electron chi connectivity index (χ0n) is 19.3. The Kier molecular flexibility index (Phi) is 10.6. The average molecular weight is 430 g/mol. The number of amides is 3. The minimum absolute atomic E-state index is 0.265. The first kappa shape index (κ1) is 26.0. The van der Waals surface area contributed by atoms with E-state index in [1.165, 1.54) is 4.90 Å². The number of rotatable bonds is 10. The van der Waals surface area contributed by atoms with E-state index in [1.807, 2.05) is 0 Å². The van der Waals surface area contributed by atoms with E-state index in [-0.39, 0.29) is 19.0 Å². The van der Waals surface area contributed by atoms with Crippen molar-refractivity contribution in [3.8, 4) is 12.3 Å². The van der Waals surface area contributed by atoms with Gasteiger partial charge in [0.1, 0.15) is 18.2 Å². The first-order valence-electron chi connectivity index (χ1n) is 10.7. The second-order valence-electron chi connectivity index (χ2n) is 8.17. The van der Waals surface area contributed by atoms with Crippen LogP contribution in [0.2, 0.25) is 0 Å². The van der Waals surface area contributed by atoms with Crippen molar-refractivity contribution in [2.24, 2.45) is 0 Å². The Balaban J connectivity index is 3.08. The lowest BCUT2D eigenvalue weighted by molar-refractivity contribution is -0.140. The molecule has 0 aliphatic heterocycles. The number of nitrogens with one attached hydrogen (secondary N) is 2. The maximum Gasteiger partial charge on any atom is 0.408 e. The summed E-state index contributed by atoms with van der Waals surface area (Å²) in [4.78, 5) is 39.4. The molecule has 7 nitrogen and oxygen atoms in total. The quantitative estimate of drug-likeness (QED) is 0.441. The van der Waals surface area contributed by atoms with Gasteiger partial charge in [-0.1, -0.05) is 43.9 Å². The van der Waals surface area contributed by atoms with E-state index >= 15 is 0 Å². The Labute approximate surface area is 185 Å². The number of terminal acetylenes is 1. The molecule has 0 aliphatic carbocycles. The van der Waals surface area contributed by atoms with E-state index in [0.29, 0.717) is 17.7 Å². The first-order chi connectivity index (χ1) is 14.6. The van der Waals surface area contributed by atoms with E-state index in [9.17, 15) is 14.4 Å². The Morgan fingerprint density at radius 3 is 2.39 bits per heavy atom. The van der Waals surface area contributed by atoms with Crippen LogP contribution in [0.15, 0.2) is 24.3 Å². The molecule has 7 heteroatoms. The third kappa shape index (κ3) is 8.71. The third-order valence-electron chi connectivity index (χ3n) is 4.49. The number of nitrogens with zero attached hydrogens (tertiary/aromatic N) is 1. The predicted molar refractivity (Wildman–Crippen MR) is 121 cm³/mol. The van der Waals surface area contributed by atoms with Crippen LogP contribution in [0.3, 0.4) is 0 Å². The highest BCUT2D eigenvalue weighted by atomic mass is 16.6. The van der Waals surface area contributed by atoms with Crippen molar-refractivity contribution in [3.63, 3.8) is 0 Å². The molecule has 1 aromatic rings. The van der Waals surface area contributed by atoms with E-state index in [4.69, 9.17) is 11.2 Å². The molecule has 0 saturated heterocycles. The van der Waals surface area contributed by atoms with Crippen LogP contribution in [0.5, 0.6) is 0 Å². The minimum Gasteiger partial charge on any atom is -0.444 e. The first-order valence-corrected chi connectivity index (χ1v) is 10.7. The molecular formula is C24H35N3O4. The molecule has 31 heavy (non-hydrogen) atoms. The molecule has 0 spiro atoms. The Morgan fingerprint density at radius 2 is 1.81 bits per heavy atom. The van der Waals surface area contributed by atoms with Gasteiger partial charge < -0.3 is 20.3 Å². The van der Waals surface area contributed by atoms with E-state index in [2.05, 4.69) is 23.5 Å². The molecule has 1 aromatic carbocycles. The number of hydrogen-bond donors (Lipinski definition) is 2. The SMILES string of the molecule is C#Cc1ccccc1C(C(=O)NCCCCC)N(CC)C(=O)CNC(=O)OC(C)(C)C. The summed E-state index contributed by atoms with van der Waals surface area (Å²) < 4.78 is 5.18. The van der Waals surface area contributed by atoms with Gasteiger partial charge in [0, 0.05) is 18.7 Å². The van der Waals surface area contributed by atoms with Crippen LogP contribution in [0, 0.1) is 12.3 Å². The van der Waals surface area contributed by atoms with Gasteiger partial charge in [0.15, 0.2) is 0 Å². The Bertz CT molecular complexity index is 793. The zero-order chi connectivity index (χ0) is 23.4. The molecule has 0 bridgehead atoms. The lowest BCUT2D eigenvalue weighted by atomic mass is 9.98. The maximum atomic E-state index is 13.1. The lowest BCUT2D eigenvalue weighted by Gasteiger charge is -2.31. The summed E-state index contributed by atoms with van der Waals surface area (Å²) in [7, 11) is 0. The van der Waals surface area contributed by atoms with Gasteiger partial charge in [0.25, 0.3) is 0 Å². The van der Waals surface area contributed by atoms with Crippen molar-refractivity contribution in [2.75, 3.05) is 19.6 Å². The number of likely N-dealkylation sites (N-methyl/N-ethyl adjacent to an activating group) is 1. The van der Waals surface area contributed by atoms with Crippen LogP contribution in [0.25, 0.3) is 0 Å². The molecule has 0 heterocycles. The highest BCUT2D eigenvalue weighted by Crippen LogP contribution is 2.24. The van der Waals surface area contributed by atoms with Crippen LogP contribution >= 0.6 is 0 Å². The van der Waals surface area contributed by atoms with Crippen molar-refractivity contribution in [3.05, 3.63) is 35.4 Å². The van der Waals surface area contributed by atoms with Crippen molar-refractivity contribution < 1.29 is 19.1 Å². The number of hydrogen-bond acceptors (Lipinski definition) is 4. The zero-order valence-corrected chi connectivity index (χ0v) is 19.3. The molecule has 1 atom stereocenters. The summed E-state index contributed by atoms with van der Waals surface area (Å²) >= 11 is 0. The maximum absolute atomic E-state index is 13.1. The van der Waals surface area contributed by atoms with E-state index in [0.717, 1.165) is 19.3 Å². The molecule has 0 aromatic heterocycles. The fourth-order valence-corrected chi connectivity index (χ4v) is 3.07. The number of unbranched alkanes of at least 4 members (excludes halogenated alkanes) is 2. The summed E-state index contributed by atoms with van der Waals surface area (Å²) in [5.74, 6) is 1.89. The molecule has 2 N–H and O–H groups in total. The monoisotopic (exact) mass is 429 g/mol. The molecule has 1 rings (SSSR count). The number of alkyl carbamates (subject to hydrolysis) is 1. The topological polar surface area (TPSA) is 87.7 Å². The van der Waals surface area contributed by atoms with Gasteiger partial charge in [-0.15, -0.1) is 6.42 Å². The number of carbonyl (C=O) groups excluding carboxylic acids is 3. The molecule has 170 valence electrons. The molecular weight excluding hydrogens is 394 g/mol. The number of benzene rings is 1.